The van der Waals surface area contributed by atoms with E-state index < -0.39 is 5.97 Å². The maximum absolute atomic E-state index is 12.4. The van der Waals surface area contributed by atoms with Gasteiger partial charge < -0.3 is 14.5 Å². The summed E-state index contributed by atoms with van der Waals surface area (Å²) in [6.07, 6.45) is 1.62. The van der Waals surface area contributed by atoms with Gasteiger partial charge in [0.1, 0.15) is 17.1 Å². The summed E-state index contributed by atoms with van der Waals surface area (Å²) in [6, 6.07) is 8.31. The number of furan rings is 1. The highest BCUT2D eigenvalue weighted by Crippen LogP contribution is 2.20. The Bertz CT molecular complexity index is 696. The van der Waals surface area contributed by atoms with Crippen LogP contribution in [-0.4, -0.2) is 48.5 Å². The van der Waals surface area contributed by atoms with E-state index >= 15 is 0 Å². The standard InChI is InChI=1S/C18H23N3O4/c1-4-21(5-2)15(16-10-7-11-25-16)12-19-17(22)13-8-6-9-14(20-13)18(23)24-3/h6-11,15H,4-5,12H2,1-3H3,(H,19,22)/t15-/m1/s1. The second-order valence-corrected chi connectivity index (χ2v) is 5.36. The normalized spacial score (nSPS) is 12.0. The van der Waals surface area contributed by atoms with Crippen LogP contribution in [0, 0.1) is 0 Å². The van der Waals surface area contributed by atoms with E-state index in [1.807, 2.05) is 12.1 Å². The molecule has 134 valence electrons. The van der Waals surface area contributed by atoms with Gasteiger partial charge in [-0.2, -0.15) is 0 Å². The van der Waals surface area contributed by atoms with E-state index in [1.54, 1.807) is 18.4 Å². The molecule has 2 heterocycles. The number of aromatic nitrogens is 1. The number of likely N-dealkylation sites (N-methyl/N-ethyl adjacent to an activating group) is 1. The van der Waals surface area contributed by atoms with Gasteiger partial charge in [0.15, 0.2) is 0 Å². The van der Waals surface area contributed by atoms with Crippen molar-refractivity contribution in [3.8, 4) is 0 Å². The molecular weight excluding hydrogens is 322 g/mol. The molecule has 2 aromatic rings. The quantitative estimate of drug-likeness (QED) is 0.739. The first-order chi connectivity index (χ1) is 12.1. The molecular formula is C18H23N3O4. The molecule has 0 radical (unpaired) electrons. The molecule has 0 unspecified atom stereocenters. The van der Waals surface area contributed by atoms with Gasteiger partial charge >= 0.3 is 5.97 Å². The SMILES string of the molecule is CCN(CC)[C@H](CNC(=O)c1cccc(C(=O)OC)n1)c1ccco1. The van der Waals surface area contributed by atoms with Crippen LogP contribution in [0.1, 0.15) is 46.6 Å². The number of methoxy groups -OCH3 is 1. The molecule has 0 aromatic carbocycles. The summed E-state index contributed by atoms with van der Waals surface area (Å²) in [4.78, 5) is 30.2. The summed E-state index contributed by atoms with van der Waals surface area (Å²) in [5.41, 5.74) is 0.266. The molecule has 1 atom stereocenters. The smallest absolute Gasteiger partial charge is 0.356 e. The predicted octanol–water partition coefficient (Wildman–Crippen LogP) is 2.27. The second kappa shape index (κ2) is 8.98. The van der Waals surface area contributed by atoms with Crippen LogP contribution in [0.3, 0.4) is 0 Å². The number of carbonyl (C=O) groups excluding carboxylic acids is 2. The highest BCUT2D eigenvalue weighted by Gasteiger charge is 2.22. The van der Waals surface area contributed by atoms with Crippen molar-refractivity contribution >= 4 is 11.9 Å². The molecule has 0 saturated carbocycles. The maximum atomic E-state index is 12.4. The van der Waals surface area contributed by atoms with Crippen molar-refractivity contribution in [2.24, 2.45) is 0 Å². The highest BCUT2D eigenvalue weighted by atomic mass is 16.5. The van der Waals surface area contributed by atoms with Crippen molar-refractivity contribution in [2.45, 2.75) is 19.9 Å². The largest absolute Gasteiger partial charge is 0.468 e. The lowest BCUT2D eigenvalue weighted by atomic mass is 10.1. The highest BCUT2D eigenvalue weighted by molar-refractivity contribution is 5.94. The fourth-order valence-electron chi connectivity index (χ4n) is 2.61. The molecule has 0 spiro atoms. The molecule has 0 aliphatic rings. The van der Waals surface area contributed by atoms with Crippen LogP contribution in [0.4, 0.5) is 0 Å². The zero-order chi connectivity index (χ0) is 18.2. The van der Waals surface area contributed by atoms with Crippen LogP contribution in [0.15, 0.2) is 41.0 Å². The average molecular weight is 345 g/mol. The van der Waals surface area contributed by atoms with Gasteiger partial charge in [0.2, 0.25) is 0 Å². The lowest BCUT2D eigenvalue weighted by Gasteiger charge is -2.28. The average Bonchev–Trinajstić information content (AvgIpc) is 3.18. The van der Waals surface area contributed by atoms with Crippen LogP contribution >= 0.6 is 0 Å². The Morgan fingerprint density at radius 3 is 2.52 bits per heavy atom. The second-order valence-electron chi connectivity index (χ2n) is 5.36. The number of nitrogens with one attached hydrogen (secondary N) is 1. The molecule has 0 fully saturated rings. The van der Waals surface area contributed by atoms with Crippen molar-refractivity contribution < 1.29 is 18.7 Å². The third-order valence-electron chi connectivity index (χ3n) is 3.96. The monoisotopic (exact) mass is 345 g/mol. The summed E-state index contributed by atoms with van der Waals surface area (Å²) in [5, 5.41) is 2.87. The Morgan fingerprint density at radius 1 is 1.20 bits per heavy atom. The van der Waals surface area contributed by atoms with E-state index in [1.165, 1.54) is 13.2 Å². The van der Waals surface area contributed by atoms with E-state index in [2.05, 4.69) is 33.8 Å². The van der Waals surface area contributed by atoms with Crippen molar-refractivity contribution in [1.29, 1.82) is 0 Å². The Balaban J connectivity index is 2.10. The molecule has 7 heteroatoms. The van der Waals surface area contributed by atoms with E-state index in [0.717, 1.165) is 18.8 Å². The lowest BCUT2D eigenvalue weighted by molar-refractivity contribution is 0.0594. The first-order valence-electron chi connectivity index (χ1n) is 8.21. The number of esters is 1. The van der Waals surface area contributed by atoms with Gasteiger partial charge in [-0.25, -0.2) is 9.78 Å². The molecule has 2 rings (SSSR count). The summed E-state index contributed by atoms with van der Waals surface area (Å²) in [6.45, 7) is 6.14. The van der Waals surface area contributed by atoms with Crippen LogP contribution in [0.25, 0.3) is 0 Å². The van der Waals surface area contributed by atoms with Gasteiger partial charge in [0.05, 0.1) is 19.4 Å². The molecule has 2 aromatic heterocycles. The van der Waals surface area contributed by atoms with E-state index in [9.17, 15) is 9.59 Å². The first kappa shape index (κ1) is 18.7. The molecule has 0 aliphatic heterocycles. The Hall–Kier alpha value is -2.67. The predicted molar refractivity (Wildman–Crippen MR) is 92.3 cm³/mol. The van der Waals surface area contributed by atoms with Crippen molar-refractivity contribution in [3.05, 3.63) is 53.7 Å². The number of hydrogen-bond acceptors (Lipinski definition) is 6. The van der Waals surface area contributed by atoms with Gasteiger partial charge in [0, 0.05) is 6.54 Å². The molecule has 0 aliphatic carbocycles. The maximum Gasteiger partial charge on any atom is 0.356 e. The Labute approximate surface area is 147 Å². The minimum absolute atomic E-state index is 0.0715. The zero-order valence-corrected chi connectivity index (χ0v) is 14.7. The molecule has 1 amide bonds. The summed E-state index contributed by atoms with van der Waals surface area (Å²) >= 11 is 0. The number of ether oxygens (including phenoxy) is 1. The van der Waals surface area contributed by atoms with Crippen LogP contribution < -0.4 is 5.32 Å². The third-order valence-corrected chi connectivity index (χ3v) is 3.96. The summed E-state index contributed by atoms with van der Waals surface area (Å²) < 4.78 is 10.1. The van der Waals surface area contributed by atoms with E-state index in [-0.39, 0.29) is 23.3 Å². The van der Waals surface area contributed by atoms with Crippen LogP contribution in [-0.2, 0) is 4.74 Å². The van der Waals surface area contributed by atoms with Crippen LogP contribution in [0.5, 0.6) is 0 Å². The minimum Gasteiger partial charge on any atom is -0.468 e. The minimum atomic E-state index is -0.578. The number of carbonyl (C=O) groups is 2. The number of amides is 1. The number of hydrogen-bond donors (Lipinski definition) is 1. The summed E-state index contributed by atoms with van der Waals surface area (Å²) in [5.74, 6) is -0.138. The molecule has 25 heavy (non-hydrogen) atoms. The Morgan fingerprint density at radius 2 is 1.92 bits per heavy atom. The van der Waals surface area contributed by atoms with Gasteiger partial charge in [-0.05, 0) is 37.4 Å². The lowest BCUT2D eigenvalue weighted by Crippen LogP contribution is -2.38. The van der Waals surface area contributed by atoms with Gasteiger partial charge in [0.25, 0.3) is 5.91 Å². The number of nitrogens with zero attached hydrogens (tertiary/aromatic N) is 2. The van der Waals surface area contributed by atoms with E-state index in [4.69, 9.17) is 4.42 Å². The fourth-order valence-corrected chi connectivity index (χ4v) is 2.61. The molecule has 7 nitrogen and oxygen atoms in total. The topological polar surface area (TPSA) is 84.7 Å². The fraction of sp³-hybridized carbons (Fsp3) is 0.389. The van der Waals surface area contributed by atoms with Crippen molar-refractivity contribution in [3.63, 3.8) is 0 Å². The first-order valence-corrected chi connectivity index (χ1v) is 8.21. The van der Waals surface area contributed by atoms with Crippen molar-refractivity contribution in [2.75, 3.05) is 26.7 Å². The number of rotatable bonds is 8. The third kappa shape index (κ3) is 4.67. The number of pyridine rings is 1. The van der Waals surface area contributed by atoms with Gasteiger partial charge in [-0.15, -0.1) is 0 Å². The molecule has 0 bridgehead atoms. The van der Waals surface area contributed by atoms with Crippen LogP contribution in [0.2, 0.25) is 0 Å². The van der Waals surface area contributed by atoms with Gasteiger partial charge in [-0.3, -0.25) is 9.69 Å². The van der Waals surface area contributed by atoms with Crippen molar-refractivity contribution in [1.82, 2.24) is 15.2 Å². The van der Waals surface area contributed by atoms with E-state index in [0.29, 0.717) is 6.54 Å². The summed E-state index contributed by atoms with van der Waals surface area (Å²) in [7, 11) is 1.27. The molecule has 0 saturated heterocycles. The Kier molecular flexibility index (Phi) is 6.71. The van der Waals surface area contributed by atoms with Gasteiger partial charge in [-0.1, -0.05) is 19.9 Å². The molecule has 1 N–H and O–H groups in total. The zero-order valence-electron chi connectivity index (χ0n) is 14.7.